The molecular formula is C12H12ClF2NO4S. The number of ether oxygens (including phenoxy) is 1. The number of benzene rings is 1. The molecule has 0 atom stereocenters. The van der Waals surface area contributed by atoms with Crippen molar-refractivity contribution in [3.05, 3.63) is 29.3 Å². The van der Waals surface area contributed by atoms with Gasteiger partial charge < -0.3 is 10.1 Å². The van der Waals surface area contributed by atoms with Crippen molar-refractivity contribution in [3.8, 4) is 0 Å². The molecule has 1 aliphatic carbocycles. The molecule has 1 N–H and O–H groups in total. The lowest BCUT2D eigenvalue weighted by Gasteiger charge is -2.34. The molecular weight excluding hydrogens is 328 g/mol. The molecule has 2 rings (SSSR count). The molecule has 1 aromatic rings. The van der Waals surface area contributed by atoms with Gasteiger partial charge in [0.1, 0.15) is 10.7 Å². The van der Waals surface area contributed by atoms with E-state index in [1.54, 1.807) is 0 Å². The third kappa shape index (κ3) is 3.50. The number of carbonyl (C=O) groups is 1. The zero-order valence-electron chi connectivity index (χ0n) is 10.9. The van der Waals surface area contributed by atoms with E-state index in [4.69, 9.17) is 15.4 Å². The van der Waals surface area contributed by atoms with Gasteiger partial charge in [0, 0.05) is 23.8 Å². The Morgan fingerprint density at radius 2 is 2.00 bits per heavy atom. The zero-order valence-corrected chi connectivity index (χ0v) is 12.5. The average molecular weight is 340 g/mol. The Morgan fingerprint density at radius 3 is 2.52 bits per heavy atom. The minimum Gasteiger partial charge on any atom is -0.381 e. The molecule has 1 amide bonds. The van der Waals surface area contributed by atoms with Crippen molar-refractivity contribution in [3.63, 3.8) is 0 Å². The van der Waals surface area contributed by atoms with Crippen molar-refractivity contribution in [2.45, 2.75) is 29.9 Å². The van der Waals surface area contributed by atoms with Crippen molar-refractivity contribution in [1.29, 1.82) is 0 Å². The van der Waals surface area contributed by atoms with E-state index < -0.39 is 37.1 Å². The summed E-state index contributed by atoms with van der Waals surface area (Å²) in [5.74, 6) is -3.33. The average Bonchev–Trinajstić information content (AvgIpc) is 2.33. The molecule has 0 radical (unpaired) electrons. The van der Waals surface area contributed by atoms with Gasteiger partial charge in [-0.05, 0) is 25.0 Å². The van der Waals surface area contributed by atoms with E-state index in [1.807, 2.05) is 0 Å². The molecule has 0 unspecified atom stereocenters. The molecule has 1 aliphatic rings. The Bertz CT molecular complexity index is 674. The SMILES string of the molecule is COC1CC(NC(=O)c2cc(F)cc(S(=O)(=O)Cl)c2F)C1. The second-order valence-electron chi connectivity index (χ2n) is 4.70. The first-order chi connectivity index (χ1) is 9.72. The van der Waals surface area contributed by atoms with Gasteiger partial charge in [0.25, 0.3) is 15.0 Å². The van der Waals surface area contributed by atoms with Gasteiger partial charge in [-0.3, -0.25) is 4.79 Å². The number of nitrogens with one attached hydrogen (secondary N) is 1. The van der Waals surface area contributed by atoms with E-state index in [2.05, 4.69) is 5.32 Å². The van der Waals surface area contributed by atoms with Crippen LogP contribution in [0.5, 0.6) is 0 Å². The van der Waals surface area contributed by atoms with Gasteiger partial charge in [-0.2, -0.15) is 0 Å². The minimum atomic E-state index is -4.49. The normalized spacial score (nSPS) is 21.7. The number of methoxy groups -OCH3 is 1. The van der Waals surface area contributed by atoms with Crippen LogP contribution in [0.25, 0.3) is 0 Å². The van der Waals surface area contributed by atoms with E-state index in [1.165, 1.54) is 7.11 Å². The summed E-state index contributed by atoms with van der Waals surface area (Å²) in [5, 5.41) is 2.48. The molecule has 0 aromatic heterocycles. The van der Waals surface area contributed by atoms with Crippen molar-refractivity contribution in [2.24, 2.45) is 0 Å². The molecule has 21 heavy (non-hydrogen) atoms. The van der Waals surface area contributed by atoms with Crippen molar-refractivity contribution >= 4 is 25.6 Å². The fraction of sp³-hybridized carbons (Fsp3) is 0.417. The van der Waals surface area contributed by atoms with Crippen LogP contribution in [0.4, 0.5) is 8.78 Å². The summed E-state index contributed by atoms with van der Waals surface area (Å²) in [6, 6.07) is 0.836. The monoisotopic (exact) mass is 339 g/mol. The molecule has 0 aliphatic heterocycles. The lowest BCUT2D eigenvalue weighted by molar-refractivity contribution is 0.0175. The molecule has 1 aromatic carbocycles. The second-order valence-corrected chi connectivity index (χ2v) is 7.24. The molecule has 0 spiro atoms. The van der Waals surface area contributed by atoms with E-state index in [-0.39, 0.29) is 12.1 Å². The minimum absolute atomic E-state index is 0.0198. The van der Waals surface area contributed by atoms with Crippen LogP contribution < -0.4 is 5.32 Å². The fourth-order valence-corrected chi connectivity index (χ4v) is 2.96. The van der Waals surface area contributed by atoms with E-state index >= 15 is 0 Å². The molecule has 5 nitrogen and oxygen atoms in total. The van der Waals surface area contributed by atoms with E-state index in [0.29, 0.717) is 25.0 Å². The second kappa shape index (κ2) is 5.86. The third-order valence-electron chi connectivity index (χ3n) is 3.27. The van der Waals surface area contributed by atoms with Gasteiger partial charge in [0.2, 0.25) is 0 Å². The number of hydrogen-bond acceptors (Lipinski definition) is 4. The summed E-state index contributed by atoms with van der Waals surface area (Å²) in [7, 11) is 2.06. The molecule has 1 saturated carbocycles. The van der Waals surface area contributed by atoms with Gasteiger partial charge >= 0.3 is 0 Å². The van der Waals surface area contributed by atoms with Gasteiger partial charge in [-0.1, -0.05) is 0 Å². The maximum absolute atomic E-state index is 14.0. The van der Waals surface area contributed by atoms with Crippen LogP contribution in [0.2, 0.25) is 0 Å². The van der Waals surface area contributed by atoms with Gasteiger partial charge in [0.05, 0.1) is 11.7 Å². The Balaban J connectivity index is 2.24. The lowest BCUT2D eigenvalue weighted by atomic mass is 9.89. The van der Waals surface area contributed by atoms with Gasteiger partial charge in [-0.15, -0.1) is 0 Å². The summed E-state index contributed by atoms with van der Waals surface area (Å²) in [6.07, 6.45) is 1.13. The number of halogens is 3. The summed E-state index contributed by atoms with van der Waals surface area (Å²) < 4.78 is 54.7. The Labute approximate surface area is 124 Å². The summed E-state index contributed by atoms with van der Waals surface area (Å²) >= 11 is 0. The van der Waals surface area contributed by atoms with E-state index in [0.717, 1.165) is 0 Å². The zero-order chi connectivity index (χ0) is 15.8. The number of carbonyl (C=O) groups excluding carboxylic acids is 1. The fourth-order valence-electron chi connectivity index (χ4n) is 2.05. The molecule has 116 valence electrons. The quantitative estimate of drug-likeness (QED) is 0.849. The van der Waals surface area contributed by atoms with Crippen LogP contribution in [0.1, 0.15) is 23.2 Å². The predicted molar refractivity (Wildman–Crippen MR) is 70.7 cm³/mol. The Kier molecular flexibility index (Phi) is 4.50. The molecule has 1 fully saturated rings. The van der Waals surface area contributed by atoms with Crippen LogP contribution in [0.15, 0.2) is 17.0 Å². The van der Waals surface area contributed by atoms with Crippen LogP contribution in [-0.4, -0.2) is 33.6 Å². The highest BCUT2D eigenvalue weighted by Gasteiger charge is 2.32. The first-order valence-corrected chi connectivity index (χ1v) is 8.30. The third-order valence-corrected chi connectivity index (χ3v) is 4.60. The number of hydrogen-bond donors (Lipinski definition) is 1. The van der Waals surface area contributed by atoms with Gasteiger partial charge in [0.15, 0.2) is 5.82 Å². The molecule has 0 saturated heterocycles. The highest BCUT2D eigenvalue weighted by atomic mass is 35.7. The van der Waals surface area contributed by atoms with Crippen LogP contribution in [0, 0.1) is 11.6 Å². The van der Waals surface area contributed by atoms with Gasteiger partial charge in [-0.25, -0.2) is 17.2 Å². The summed E-state index contributed by atoms with van der Waals surface area (Å²) in [6.45, 7) is 0. The van der Waals surface area contributed by atoms with Crippen molar-refractivity contribution in [2.75, 3.05) is 7.11 Å². The Morgan fingerprint density at radius 1 is 1.38 bits per heavy atom. The van der Waals surface area contributed by atoms with Crippen LogP contribution in [-0.2, 0) is 13.8 Å². The topological polar surface area (TPSA) is 72.5 Å². The number of amides is 1. The Hall–Kier alpha value is -1.25. The maximum atomic E-state index is 14.0. The standard InChI is InChI=1S/C12H12ClF2NO4S/c1-20-8-4-7(5-8)16-12(17)9-2-6(14)3-10(11(9)15)21(13,18)19/h2-3,7-8H,4-5H2,1H3,(H,16,17). The van der Waals surface area contributed by atoms with Crippen LogP contribution >= 0.6 is 10.7 Å². The largest absolute Gasteiger partial charge is 0.381 e. The molecule has 0 bridgehead atoms. The number of rotatable bonds is 4. The summed E-state index contributed by atoms with van der Waals surface area (Å²) in [4.78, 5) is 10.8. The first-order valence-electron chi connectivity index (χ1n) is 5.99. The maximum Gasteiger partial charge on any atom is 0.264 e. The molecule has 0 heterocycles. The van der Waals surface area contributed by atoms with E-state index in [9.17, 15) is 22.0 Å². The summed E-state index contributed by atoms with van der Waals surface area (Å²) in [5.41, 5.74) is -0.699. The smallest absolute Gasteiger partial charge is 0.264 e. The first kappa shape index (κ1) is 16.1. The van der Waals surface area contributed by atoms with Crippen molar-refractivity contribution in [1.82, 2.24) is 5.32 Å². The van der Waals surface area contributed by atoms with Crippen molar-refractivity contribution < 1.29 is 26.7 Å². The predicted octanol–water partition coefficient (Wildman–Crippen LogP) is 1.80. The molecule has 9 heteroatoms. The highest BCUT2D eigenvalue weighted by molar-refractivity contribution is 8.13. The lowest BCUT2D eigenvalue weighted by Crippen LogP contribution is -2.47. The highest BCUT2D eigenvalue weighted by Crippen LogP contribution is 2.26. The van der Waals surface area contributed by atoms with Crippen LogP contribution in [0.3, 0.4) is 0 Å².